The van der Waals surface area contributed by atoms with Gasteiger partial charge in [0.1, 0.15) is 6.04 Å². The fourth-order valence-electron chi connectivity index (χ4n) is 2.76. The van der Waals surface area contributed by atoms with Gasteiger partial charge in [-0.3, -0.25) is 14.3 Å². The van der Waals surface area contributed by atoms with E-state index in [1.54, 1.807) is 28.9 Å². The second kappa shape index (κ2) is 7.65. The number of carbonyl (C=O) groups excluding carboxylic acids is 2. The number of rotatable bonds is 6. The van der Waals surface area contributed by atoms with Crippen LogP contribution in [0.2, 0.25) is 0 Å². The normalized spacial score (nSPS) is 11.7. The van der Waals surface area contributed by atoms with Gasteiger partial charge in [-0.05, 0) is 18.1 Å². The lowest BCUT2D eigenvalue weighted by atomic mass is 10.1. The zero-order valence-corrected chi connectivity index (χ0v) is 14.4. The number of aromatic nitrogens is 2. The highest BCUT2D eigenvalue weighted by molar-refractivity contribution is 5.98. The van der Waals surface area contributed by atoms with Crippen LogP contribution in [0.1, 0.15) is 33.2 Å². The molecule has 6 nitrogen and oxygen atoms in total. The van der Waals surface area contributed by atoms with Gasteiger partial charge in [-0.2, -0.15) is 5.10 Å². The van der Waals surface area contributed by atoms with Gasteiger partial charge in [0.05, 0.1) is 18.3 Å². The topological polar surface area (TPSA) is 90.0 Å². The van der Waals surface area contributed by atoms with Crippen LogP contribution < -0.4 is 11.1 Å². The van der Waals surface area contributed by atoms with Gasteiger partial charge in [-0.25, -0.2) is 0 Å². The van der Waals surface area contributed by atoms with Crippen LogP contribution >= 0.6 is 0 Å². The molecule has 0 bridgehead atoms. The average Bonchev–Trinajstić information content (AvgIpc) is 3.01. The summed E-state index contributed by atoms with van der Waals surface area (Å²) in [4.78, 5) is 24.4. The second-order valence-corrected chi connectivity index (χ2v) is 6.01. The average molecular weight is 348 g/mol. The number of hydrogen-bond acceptors (Lipinski definition) is 3. The van der Waals surface area contributed by atoms with Gasteiger partial charge in [0, 0.05) is 5.69 Å². The number of nitrogens with one attached hydrogen (secondary N) is 1. The molecular weight excluding hydrogens is 328 g/mol. The molecule has 26 heavy (non-hydrogen) atoms. The molecule has 0 spiro atoms. The van der Waals surface area contributed by atoms with E-state index in [0.29, 0.717) is 17.7 Å². The van der Waals surface area contributed by atoms with Gasteiger partial charge >= 0.3 is 0 Å². The minimum atomic E-state index is -0.888. The number of benzene rings is 2. The first kappa shape index (κ1) is 17.4. The van der Waals surface area contributed by atoms with Crippen LogP contribution in [0, 0.1) is 6.92 Å². The fraction of sp³-hybridized carbons (Fsp3) is 0.150. The number of primary amides is 1. The van der Waals surface area contributed by atoms with Crippen molar-refractivity contribution < 1.29 is 9.59 Å². The van der Waals surface area contributed by atoms with Crippen molar-refractivity contribution in [2.45, 2.75) is 19.5 Å². The summed E-state index contributed by atoms with van der Waals surface area (Å²) in [6.45, 7) is 2.39. The Morgan fingerprint density at radius 3 is 2.31 bits per heavy atom. The van der Waals surface area contributed by atoms with Crippen molar-refractivity contribution in [1.29, 1.82) is 0 Å². The molecule has 132 valence electrons. The summed E-state index contributed by atoms with van der Waals surface area (Å²) in [5, 5.41) is 7.00. The molecule has 3 rings (SSSR count). The van der Waals surface area contributed by atoms with E-state index >= 15 is 0 Å². The van der Waals surface area contributed by atoms with Crippen molar-refractivity contribution in [3.63, 3.8) is 0 Å². The molecule has 3 N–H and O–H groups in total. The molecule has 0 saturated carbocycles. The summed E-state index contributed by atoms with van der Waals surface area (Å²) in [7, 11) is 0. The third-order valence-electron chi connectivity index (χ3n) is 4.22. The number of carbonyl (C=O) groups is 2. The third-order valence-corrected chi connectivity index (χ3v) is 4.22. The maximum Gasteiger partial charge on any atom is 0.255 e. The highest BCUT2D eigenvalue weighted by atomic mass is 16.2. The van der Waals surface area contributed by atoms with Crippen molar-refractivity contribution >= 4 is 11.8 Å². The first-order chi connectivity index (χ1) is 12.6. The Labute approximate surface area is 151 Å². The highest BCUT2D eigenvalue weighted by Gasteiger charge is 2.23. The largest absolute Gasteiger partial charge is 0.368 e. The summed E-state index contributed by atoms with van der Waals surface area (Å²) in [6, 6.07) is 17.9. The van der Waals surface area contributed by atoms with Crippen LogP contribution in [0.25, 0.3) is 0 Å². The molecule has 0 unspecified atom stereocenters. The second-order valence-electron chi connectivity index (χ2n) is 6.01. The maximum absolute atomic E-state index is 12.6. The van der Waals surface area contributed by atoms with Gasteiger partial charge in [-0.1, -0.05) is 60.7 Å². The Kier molecular flexibility index (Phi) is 5.12. The fourth-order valence-corrected chi connectivity index (χ4v) is 2.76. The van der Waals surface area contributed by atoms with Gasteiger partial charge < -0.3 is 11.1 Å². The summed E-state index contributed by atoms with van der Waals surface area (Å²) < 4.78 is 1.76. The van der Waals surface area contributed by atoms with E-state index in [4.69, 9.17) is 5.73 Å². The Bertz CT molecular complexity index is 904. The lowest BCUT2D eigenvalue weighted by Gasteiger charge is -2.15. The predicted molar refractivity (Wildman–Crippen MR) is 98.4 cm³/mol. The molecule has 0 fully saturated rings. The molecule has 0 aliphatic carbocycles. The molecule has 3 aromatic rings. The molecule has 1 atom stereocenters. The monoisotopic (exact) mass is 348 g/mol. The molecule has 0 aliphatic heterocycles. The highest BCUT2D eigenvalue weighted by Crippen LogP contribution is 2.15. The molecule has 0 saturated heterocycles. The van der Waals surface area contributed by atoms with Gasteiger partial charge in [0.25, 0.3) is 5.91 Å². The van der Waals surface area contributed by atoms with E-state index in [1.807, 2.05) is 43.3 Å². The first-order valence-electron chi connectivity index (χ1n) is 8.27. The Balaban J connectivity index is 1.78. The predicted octanol–water partition coefficient (Wildman–Crippen LogP) is 2.20. The van der Waals surface area contributed by atoms with Gasteiger partial charge in [-0.15, -0.1) is 0 Å². The van der Waals surface area contributed by atoms with Gasteiger partial charge in [0.2, 0.25) is 5.91 Å². The number of amides is 2. The molecule has 1 aromatic heterocycles. The van der Waals surface area contributed by atoms with Crippen LogP contribution in [0.4, 0.5) is 0 Å². The standard InChI is InChI=1S/C20H20N4O2/c1-14-17(12-22-24(14)13-15-8-4-2-5-9-15)20(26)23-18(19(21)25)16-10-6-3-7-11-16/h2-12,18H,13H2,1H3,(H2,21,25)(H,23,26)/t18-/m1/s1. The van der Waals surface area contributed by atoms with E-state index in [0.717, 1.165) is 11.3 Å². The summed E-state index contributed by atoms with van der Waals surface area (Å²) in [5.41, 5.74) is 8.34. The van der Waals surface area contributed by atoms with E-state index < -0.39 is 11.9 Å². The quantitative estimate of drug-likeness (QED) is 0.715. The van der Waals surface area contributed by atoms with Crippen molar-refractivity contribution in [1.82, 2.24) is 15.1 Å². The smallest absolute Gasteiger partial charge is 0.255 e. The third kappa shape index (κ3) is 3.80. The van der Waals surface area contributed by atoms with E-state index in [2.05, 4.69) is 10.4 Å². The Morgan fingerprint density at radius 2 is 1.69 bits per heavy atom. The summed E-state index contributed by atoms with van der Waals surface area (Å²) in [6.07, 6.45) is 1.51. The number of hydrogen-bond donors (Lipinski definition) is 2. The molecule has 6 heteroatoms. The van der Waals surface area contributed by atoms with Crippen molar-refractivity contribution in [2.24, 2.45) is 5.73 Å². The van der Waals surface area contributed by atoms with Crippen LogP contribution in [0.3, 0.4) is 0 Å². The van der Waals surface area contributed by atoms with Crippen molar-refractivity contribution in [2.75, 3.05) is 0 Å². The lowest BCUT2D eigenvalue weighted by molar-refractivity contribution is -0.120. The summed E-state index contributed by atoms with van der Waals surface area (Å²) in [5.74, 6) is -0.992. The molecular formula is C20H20N4O2. The molecule has 2 aromatic carbocycles. The first-order valence-corrected chi connectivity index (χ1v) is 8.27. The van der Waals surface area contributed by atoms with Crippen LogP contribution in [0.5, 0.6) is 0 Å². The minimum absolute atomic E-state index is 0.380. The lowest BCUT2D eigenvalue weighted by Crippen LogP contribution is -2.37. The number of nitrogens with zero attached hydrogens (tertiary/aromatic N) is 2. The van der Waals surface area contributed by atoms with E-state index in [1.165, 1.54) is 6.20 Å². The maximum atomic E-state index is 12.6. The van der Waals surface area contributed by atoms with Crippen LogP contribution in [-0.4, -0.2) is 21.6 Å². The Hall–Kier alpha value is -3.41. The zero-order chi connectivity index (χ0) is 18.5. The zero-order valence-electron chi connectivity index (χ0n) is 14.4. The van der Waals surface area contributed by atoms with E-state index in [9.17, 15) is 9.59 Å². The van der Waals surface area contributed by atoms with E-state index in [-0.39, 0.29) is 5.91 Å². The molecule has 2 amide bonds. The molecule has 1 heterocycles. The van der Waals surface area contributed by atoms with Crippen LogP contribution in [-0.2, 0) is 11.3 Å². The minimum Gasteiger partial charge on any atom is -0.368 e. The molecule has 0 radical (unpaired) electrons. The molecule has 0 aliphatic rings. The number of nitrogens with two attached hydrogens (primary N) is 1. The SMILES string of the molecule is Cc1c(C(=O)N[C@@H](C(N)=O)c2ccccc2)cnn1Cc1ccccc1. The van der Waals surface area contributed by atoms with Crippen molar-refractivity contribution in [3.05, 3.63) is 89.2 Å². The Morgan fingerprint density at radius 1 is 1.08 bits per heavy atom. The summed E-state index contributed by atoms with van der Waals surface area (Å²) >= 11 is 0. The van der Waals surface area contributed by atoms with Crippen molar-refractivity contribution in [3.8, 4) is 0 Å². The van der Waals surface area contributed by atoms with Crippen LogP contribution in [0.15, 0.2) is 66.9 Å². The van der Waals surface area contributed by atoms with Gasteiger partial charge in [0.15, 0.2) is 0 Å².